The molecule has 0 saturated carbocycles. The Hall–Kier alpha value is -0.400. The summed E-state index contributed by atoms with van der Waals surface area (Å²) in [6, 6.07) is 0. The van der Waals surface area contributed by atoms with Gasteiger partial charge in [0.2, 0.25) is 5.92 Å². The second-order valence-electron chi connectivity index (χ2n) is 1.84. The largest absolute Gasteiger partial charge is 0.248 e. The van der Waals surface area contributed by atoms with Crippen LogP contribution in [0.25, 0.3) is 0 Å². The summed E-state index contributed by atoms with van der Waals surface area (Å²) < 4.78 is 23.7. The zero-order chi connectivity index (χ0) is 6.62. The maximum absolute atomic E-state index is 11.9. The molecule has 48 valence electrons. The van der Waals surface area contributed by atoms with Gasteiger partial charge in [-0.3, -0.25) is 0 Å². The van der Waals surface area contributed by atoms with Crippen molar-refractivity contribution in [2.75, 3.05) is 0 Å². The molecule has 0 aromatic carbocycles. The molecule has 0 nitrogen and oxygen atoms in total. The molecule has 2 heteroatoms. The molecule has 0 bridgehead atoms. The van der Waals surface area contributed by atoms with Crippen molar-refractivity contribution in [2.45, 2.75) is 26.2 Å². The Morgan fingerprint density at radius 2 is 2.00 bits per heavy atom. The summed E-state index contributed by atoms with van der Waals surface area (Å²) in [7, 11) is 0. The number of hydrogen-bond donors (Lipinski definition) is 0. The van der Waals surface area contributed by atoms with E-state index in [1.807, 2.05) is 0 Å². The van der Waals surface area contributed by atoms with Crippen LogP contribution in [0.3, 0.4) is 0 Å². The molecule has 0 aromatic rings. The second-order valence-corrected chi connectivity index (χ2v) is 1.84. The normalized spacial score (nSPS) is 13.0. The minimum absolute atomic E-state index is 0.149. The van der Waals surface area contributed by atoms with Crippen molar-refractivity contribution < 1.29 is 8.78 Å². The van der Waals surface area contributed by atoms with Crippen LogP contribution in [0, 0.1) is 0 Å². The fourth-order valence-electron chi connectivity index (χ4n) is 0.325. The lowest BCUT2D eigenvalue weighted by molar-refractivity contribution is 0.0255. The molecule has 0 aliphatic rings. The summed E-state index contributed by atoms with van der Waals surface area (Å²) in [5, 5.41) is 0. The fraction of sp³-hybridized carbons (Fsp3) is 0.667. The highest BCUT2D eigenvalue weighted by Crippen LogP contribution is 2.16. The first-order valence-corrected chi connectivity index (χ1v) is 2.55. The Kier molecular flexibility index (Phi) is 2.66. The first-order valence-electron chi connectivity index (χ1n) is 2.55. The summed E-state index contributed by atoms with van der Waals surface area (Å²) in [6.45, 7) is 2.64. The summed E-state index contributed by atoms with van der Waals surface area (Å²) in [5.41, 5.74) is 0. The van der Waals surface area contributed by atoms with Crippen molar-refractivity contribution in [3.05, 3.63) is 12.2 Å². The summed E-state index contributed by atoms with van der Waals surface area (Å²) in [6.07, 6.45) is 2.93. The van der Waals surface area contributed by atoms with Crippen molar-refractivity contribution in [1.82, 2.24) is 0 Å². The van der Waals surface area contributed by atoms with E-state index in [-0.39, 0.29) is 6.42 Å². The lowest BCUT2D eigenvalue weighted by atomic mass is 10.2. The number of alkyl halides is 2. The van der Waals surface area contributed by atoms with Crippen LogP contribution in [0.2, 0.25) is 0 Å². The molecular formula is C6H10F2. The zero-order valence-electron chi connectivity index (χ0n) is 5.12. The number of hydrogen-bond acceptors (Lipinski definition) is 0. The van der Waals surface area contributed by atoms with Crippen LogP contribution < -0.4 is 0 Å². The zero-order valence-corrected chi connectivity index (χ0v) is 5.12. The highest BCUT2D eigenvalue weighted by molar-refractivity contribution is 4.81. The topological polar surface area (TPSA) is 0 Å². The number of halogens is 2. The minimum atomic E-state index is -2.54. The van der Waals surface area contributed by atoms with E-state index in [1.54, 1.807) is 13.0 Å². The molecule has 0 aliphatic heterocycles. The van der Waals surface area contributed by atoms with Crippen molar-refractivity contribution in [3.8, 4) is 0 Å². The van der Waals surface area contributed by atoms with Crippen molar-refractivity contribution in [2.24, 2.45) is 0 Å². The summed E-state index contributed by atoms with van der Waals surface area (Å²) in [5.74, 6) is -2.54. The Bertz CT molecular complexity index is 79.0. The lowest BCUT2D eigenvalue weighted by Crippen LogP contribution is -2.06. The molecule has 0 aromatic heterocycles. The molecule has 0 aliphatic carbocycles. The maximum atomic E-state index is 11.9. The molecular weight excluding hydrogens is 110 g/mol. The first kappa shape index (κ1) is 7.60. The van der Waals surface area contributed by atoms with Gasteiger partial charge in [0.15, 0.2) is 0 Å². The van der Waals surface area contributed by atoms with Crippen LogP contribution >= 0.6 is 0 Å². The van der Waals surface area contributed by atoms with E-state index in [4.69, 9.17) is 0 Å². The van der Waals surface area contributed by atoms with Gasteiger partial charge in [0, 0.05) is 6.42 Å². The van der Waals surface area contributed by atoms with E-state index in [0.717, 1.165) is 6.92 Å². The SMILES string of the molecule is C/C=C/CC(C)(F)F. The van der Waals surface area contributed by atoms with Crippen molar-refractivity contribution >= 4 is 0 Å². The van der Waals surface area contributed by atoms with E-state index in [1.165, 1.54) is 6.08 Å². The molecule has 0 atom stereocenters. The molecule has 0 rings (SSSR count). The standard InChI is InChI=1S/C6H10F2/c1-3-4-5-6(2,7)8/h3-4H,5H2,1-2H3/b4-3+. The monoisotopic (exact) mass is 120 g/mol. The lowest BCUT2D eigenvalue weighted by Gasteiger charge is -2.03. The molecule has 0 unspecified atom stereocenters. The number of rotatable bonds is 2. The second kappa shape index (κ2) is 2.80. The minimum Gasteiger partial charge on any atom is -0.207 e. The third kappa shape index (κ3) is 5.60. The van der Waals surface area contributed by atoms with Crippen LogP contribution in [0.5, 0.6) is 0 Å². The predicted octanol–water partition coefficient (Wildman–Crippen LogP) is 2.61. The average Bonchev–Trinajstić information content (AvgIpc) is 1.59. The van der Waals surface area contributed by atoms with Crippen LogP contribution in [0.4, 0.5) is 8.78 Å². The molecule has 8 heavy (non-hydrogen) atoms. The smallest absolute Gasteiger partial charge is 0.207 e. The first-order chi connectivity index (χ1) is 3.56. The molecule has 0 N–H and O–H groups in total. The molecule has 0 radical (unpaired) electrons. The number of allylic oxidation sites excluding steroid dienone is 2. The van der Waals surface area contributed by atoms with Gasteiger partial charge in [-0.1, -0.05) is 12.2 Å². The van der Waals surface area contributed by atoms with Crippen LogP contribution in [0.15, 0.2) is 12.2 Å². The van der Waals surface area contributed by atoms with E-state index in [9.17, 15) is 8.78 Å². The average molecular weight is 120 g/mol. The maximum Gasteiger partial charge on any atom is 0.248 e. The summed E-state index contributed by atoms with van der Waals surface area (Å²) in [4.78, 5) is 0. The third-order valence-electron chi connectivity index (χ3n) is 0.712. The summed E-state index contributed by atoms with van der Waals surface area (Å²) >= 11 is 0. The highest BCUT2D eigenvalue weighted by atomic mass is 19.3. The third-order valence-corrected chi connectivity index (χ3v) is 0.712. The van der Waals surface area contributed by atoms with E-state index >= 15 is 0 Å². The van der Waals surface area contributed by atoms with E-state index in [0.29, 0.717) is 0 Å². The van der Waals surface area contributed by atoms with Gasteiger partial charge in [0.05, 0.1) is 0 Å². The Balaban J connectivity index is 3.39. The molecule has 0 saturated heterocycles. The Labute approximate surface area is 48.2 Å². The van der Waals surface area contributed by atoms with E-state index in [2.05, 4.69) is 0 Å². The van der Waals surface area contributed by atoms with Crippen molar-refractivity contribution in [3.63, 3.8) is 0 Å². The molecule has 0 heterocycles. The Morgan fingerprint density at radius 3 is 2.12 bits per heavy atom. The van der Waals surface area contributed by atoms with Crippen LogP contribution in [-0.2, 0) is 0 Å². The van der Waals surface area contributed by atoms with Gasteiger partial charge in [-0.2, -0.15) is 0 Å². The van der Waals surface area contributed by atoms with E-state index < -0.39 is 5.92 Å². The van der Waals surface area contributed by atoms with Gasteiger partial charge in [0.25, 0.3) is 0 Å². The predicted molar refractivity (Wildman–Crippen MR) is 30.1 cm³/mol. The Morgan fingerprint density at radius 1 is 1.50 bits per heavy atom. The van der Waals surface area contributed by atoms with Crippen LogP contribution in [0.1, 0.15) is 20.3 Å². The van der Waals surface area contributed by atoms with Gasteiger partial charge < -0.3 is 0 Å². The quantitative estimate of drug-likeness (QED) is 0.491. The highest BCUT2D eigenvalue weighted by Gasteiger charge is 2.17. The molecule has 0 spiro atoms. The fourth-order valence-corrected chi connectivity index (χ4v) is 0.325. The van der Waals surface area contributed by atoms with Gasteiger partial charge in [0.1, 0.15) is 0 Å². The molecule has 0 fully saturated rings. The van der Waals surface area contributed by atoms with Gasteiger partial charge in [-0.25, -0.2) is 8.78 Å². The van der Waals surface area contributed by atoms with Gasteiger partial charge in [-0.05, 0) is 13.8 Å². The van der Waals surface area contributed by atoms with Gasteiger partial charge >= 0.3 is 0 Å². The van der Waals surface area contributed by atoms with Gasteiger partial charge in [-0.15, -0.1) is 0 Å². The van der Waals surface area contributed by atoms with Crippen LogP contribution in [-0.4, -0.2) is 5.92 Å². The molecule has 0 amide bonds. The van der Waals surface area contributed by atoms with Crippen molar-refractivity contribution in [1.29, 1.82) is 0 Å².